The molecule has 2 aliphatic heterocycles. The molecule has 0 amide bonds. The molecule has 0 bridgehead atoms. The van der Waals surface area contributed by atoms with Crippen LogP contribution < -0.4 is 0 Å². The lowest BCUT2D eigenvalue weighted by Gasteiger charge is -2.26. The van der Waals surface area contributed by atoms with Gasteiger partial charge >= 0.3 is 0 Å². The van der Waals surface area contributed by atoms with Crippen molar-refractivity contribution in [2.75, 3.05) is 62.3 Å². The average Bonchev–Trinajstić information content (AvgIpc) is 2.75. The summed E-state index contributed by atoms with van der Waals surface area (Å²) in [5, 5.41) is 0. The van der Waals surface area contributed by atoms with E-state index in [1.54, 1.807) is 0 Å². The van der Waals surface area contributed by atoms with Crippen molar-refractivity contribution >= 4 is 23.5 Å². The average molecular weight is 429 g/mol. The summed E-state index contributed by atoms with van der Waals surface area (Å²) >= 11 is 4.38. The van der Waals surface area contributed by atoms with Gasteiger partial charge in [0.15, 0.2) is 0 Å². The molecule has 0 radical (unpaired) electrons. The Hall–Kier alpha value is 0.620. The standard InChI is InChI=1S/C24H48N2S2/c1(3-5-13-21-27-23-19-25-15-9-7-10-16-25)2-4-6-14-22-28-24-20-26-17-11-8-12-18-26/h1-24H2. The first kappa shape index (κ1) is 24.9. The van der Waals surface area contributed by atoms with Gasteiger partial charge < -0.3 is 9.80 Å². The van der Waals surface area contributed by atoms with E-state index in [4.69, 9.17) is 0 Å². The fraction of sp³-hybridized carbons (Fsp3) is 1.00. The predicted molar refractivity (Wildman–Crippen MR) is 132 cm³/mol. The van der Waals surface area contributed by atoms with Gasteiger partial charge in [0, 0.05) is 24.6 Å². The molecule has 0 atom stereocenters. The van der Waals surface area contributed by atoms with Gasteiger partial charge in [-0.15, -0.1) is 0 Å². The van der Waals surface area contributed by atoms with Crippen LogP contribution in [0.15, 0.2) is 0 Å². The summed E-state index contributed by atoms with van der Waals surface area (Å²) < 4.78 is 0. The maximum Gasteiger partial charge on any atom is 0.00723 e. The zero-order valence-electron chi connectivity index (χ0n) is 18.7. The lowest BCUT2D eigenvalue weighted by molar-refractivity contribution is 0.242. The predicted octanol–water partition coefficient (Wildman–Crippen LogP) is 6.55. The number of hydrogen-bond donors (Lipinski definition) is 0. The minimum absolute atomic E-state index is 1.33. The van der Waals surface area contributed by atoms with Crippen molar-refractivity contribution in [3.63, 3.8) is 0 Å². The van der Waals surface area contributed by atoms with E-state index in [2.05, 4.69) is 33.3 Å². The highest BCUT2D eigenvalue weighted by atomic mass is 32.2. The van der Waals surface area contributed by atoms with Gasteiger partial charge in [-0.1, -0.05) is 51.4 Å². The van der Waals surface area contributed by atoms with Crippen LogP contribution in [0.3, 0.4) is 0 Å². The van der Waals surface area contributed by atoms with Gasteiger partial charge in [0.1, 0.15) is 0 Å². The maximum absolute atomic E-state index is 2.67. The molecule has 0 spiro atoms. The van der Waals surface area contributed by atoms with Crippen LogP contribution >= 0.6 is 23.5 Å². The van der Waals surface area contributed by atoms with E-state index in [0.29, 0.717) is 0 Å². The smallest absolute Gasteiger partial charge is 0.00723 e. The highest BCUT2D eigenvalue weighted by Gasteiger charge is 2.09. The van der Waals surface area contributed by atoms with Crippen molar-refractivity contribution in [3.05, 3.63) is 0 Å². The van der Waals surface area contributed by atoms with E-state index in [0.717, 1.165) is 0 Å². The van der Waals surface area contributed by atoms with E-state index in [-0.39, 0.29) is 0 Å². The van der Waals surface area contributed by atoms with Gasteiger partial charge in [0.25, 0.3) is 0 Å². The Morgan fingerprint density at radius 3 is 1.14 bits per heavy atom. The zero-order valence-corrected chi connectivity index (χ0v) is 20.3. The molecule has 2 saturated heterocycles. The Morgan fingerprint density at radius 1 is 0.393 bits per heavy atom. The number of rotatable bonds is 17. The molecule has 0 aromatic rings. The van der Waals surface area contributed by atoms with Gasteiger partial charge in [-0.25, -0.2) is 0 Å². The largest absolute Gasteiger partial charge is 0.303 e. The fourth-order valence-corrected chi connectivity index (χ4v) is 6.43. The van der Waals surface area contributed by atoms with Gasteiger partial charge in [-0.05, 0) is 76.2 Å². The second kappa shape index (κ2) is 18.4. The van der Waals surface area contributed by atoms with E-state index < -0.39 is 0 Å². The summed E-state index contributed by atoms with van der Waals surface area (Å²) in [5.74, 6) is 5.50. The summed E-state index contributed by atoms with van der Waals surface area (Å²) in [6, 6.07) is 0. The number of unbranched alkanes of at least 4 members (excludes halogenated alkanes) is 7. The third-order valence-electron chi connectivity index (χ3n) is 6.33. The first-order chi connectivity index (χ1) is 13.9. The van der Waals surface area contributed by atoms with Crippen molar-refractivity contribution in [2.24, 2.45) is 0 Å². The van der Waals surface area contributed by atoms with Crippen LogP contribution in [-0.2, 0) is 0 Å². The van der Waals surface area contributed by atoms with E-state index in [9.17, 15) is 0 Å². The van der Waals surface area contributed by atoms with Crippen molar-refractivity contribution in [2.45, 2.75) is 89.9 Å². The first-order valence-corrected chi connectivity index (χ1v) is 14.9. The van der Waals surface area contributed by atoms with Crippen molar-refractivity contribution < 1.29 is 0 Å². The Kier molecular flexibility index (Phi) is 16.3. The summed E-state index contributed by atoms with van der Waals surface area (Å²) in [5.41, 5.74) is 0. The first-order valence-electron chi connectivity index (χ1n) is 12.6. The summed E-state index contributed by atoms with van der Waals surface area (Å²) in [6.07, 6.45) is 20.3. The molecule has 28 heavy (non-hydrogen) atoms. The van der Waals surface area contributed by atoms with Gasteiger partial charge in [0.2, 0.25) is 0 Å². The SMILES string of the molecule is C(CCCCCSCCN1CCCCC1)CCCCSCCN1CCCCC1. The molecule has 0 aromatic carbocycles. The summed E-state index contributed by atoms with van der Waals surface area (Å²) in [6.45, 7) is 8.10. The molecule has 166 valence electrons. The molecule has 2 fully saturated rings. The minimum Gasteiger partial charge on any atom is -0.303 e. The monoisotopic (exact) mass is 428 g/mol. The molecular formula is C24H48N2S2. The van der Waals surface area contributed by atoms with Crippen LogP contribution in [0.4, 0.5) is 0 Å². The molecular weight excluding hydrogens is 380 g/mol. The number of thioether (sulfide) groups is 2. The van der Waals surface area contributed by atoms with Gasteiger partial charge in [-0.2, -0.15) is 23.5 Å². The van der Waals surface area contributed by atoms with Crippen LogP contribution in [0.2, 0.25) is 0 Å². The highest BCUT2D eigenvalue weighted by Crippen LogP contribution is 2.15. The van der Waals surface area contributed by atoms with Crippen LogP contribution in [0.5, 0.6) is 0 Å². The minimum atomic E-state index is 1.33. The normalized spacial score (nSPS) is 19.3. The van der Waals surface area contributed by atoms with E-state index in [1.165, 1.54) is 152 Å². The molecule has 0 N–H and O–H groups in total. The molecule has 2 heterocycles. The fourth-order valence-electron chi connectivity index (χ4n) is 4.43. The molecule has 0 unspecified atom stereocenters. The molecule has 0 aliphatic carbocycles. The van der Waals surface area contributed by atoms with Crippen molar-refractivity contribution in [1.29, 1.82) is 0 Å². The van der Waals surface area contributed by atoms with Crippen LogP contribution in [-0.4, -0.2) is 72.1 Å². The number of piperidine rings is 2. The van der Waals surface area contributed by atoms with Crippen LogP contribution in [0.25, 0.3) is 0 Å². The molecule has 2 rings (SSSR count). The summed E-state index contributed by atoms with van der Waals surface area (Å²) in [7, 11) is 0. The van der Waals surface area contributed by atoms with Crippen molar-refractivity contribution in [1.82, 2.24) is 9.80 Å². The van der Waals surface area contributed by atoms with Crippen LogP contribution in [0.1, 0.15) is 89.9 Å². The highest BCUT2D eigenvalue weighted by molar-refractivity contribution is 7.99. The lowest BCUT2D eigenvalue weighted by Crippen LogP contribution is -2.31. The Morgan fingerprint density at radius 2 is 0.750 bits per heavy atom. The number of likely N-dealkylation sites (tertiary alicyclic amines) is 2. The Labute approximate surface area is 185 Å². The molecule has 0 saturated carbocycles. The maximum atomic E-state index is 2.67. The van der Waals surface area contributed by atoms with Gasteiger partial charge in [0.05, 0.1) is 0 Å². The van der Waals surface area contributed by atoms with E-state index >= 15 is 0 Å². The number of nitrogens with zero attached hydrogens (tertiary/aromatic N) is 2. The van der Waals surface area contributed by atoms with E-state index in [1.807, 2.05) is 0 Å². The number of hydrogen-bond acceptors (Lipinski definition) is 4. The Balaban J connectivity index is 1.20. The second-order valence-electron chi connectivity index (χ2n) is 8.86. The molecule has 2 aliphatic rings. The summed E-state index contributed by atoms with van der Waals surface area (Å²) in [4.78, 5) is 5.34. The quantitative estimate of drug-likeness (QED) is 0.242. The molecule has 4 heteroatoms. The molecule has 2 nitrogen and oxygen atoms in total. The molecule has 0 aromatic heterocycles. The van der Waals surface area contributed by atoms with Gasteiger partial charge in [-0.3, -0.25) is 0 Å². The second-order valence-corrected chi connectivity index (χ2v) is 11.3. The zero-order chi connectivity index (χ0) is 19.5. The van der Waals surface area contributed by atoms with Crippen molar-refractivity contribution in [3.8, 4) is 0 Å². The third kappa shape index (κ3) is 13.8. The Bertz CT molecular complexity index is 297. The van der Waals surface area contributed by atoms with Crippen LogP contribution in [0, 0.1) is 0 Å². The third-order valence-corrected chi connectivity index (χ3v) is 8.43. The lowest BCUT2D eigenvalue weighted by atomic mass is 10.1. The topological polar surface area (TPSA) is 6.48 Å².